The molecule has 1 heterocycles. The van der Waals surface area contributed by atoms with Gasteiger partial charge >= 0.3 is 0 Å². The van der Waals surface area contributed by atoms with Gasteiger partial charge in [-0.25, -0.2) is 8.42 Å². The molecule has 1 fully saturated rings. The number of hydrogen-bond donors (Lipinski definition) is 1. The molecular formula is C24H31N3O4S. The fourth-order valence-corrected chi connectivity index (χ4v) is 5.37. The molecule has 1 N–H and O–H groups in total. The quantitative estimate of drug-likeness (QED) is 0.684. The summed E-state index contributed by atoms with van der Waals surface area (Å²) in [5, 5.41) is 2.80. The summed E-state index contributed by atoms with van der Waals surface area (Å²) in [7, 11) is -3.68. The van der Waals surface area contributed by atoms with Gasteiger partial charge in [0, 0.05) is 31.7 Å². The van der Waals surface area contributed by atoms with Crippen LogP contribution in [0.4, 0.5) is 5.69 Å². The first kappa shape index (κ1) is 23.9. The van der Waals surface area contributed by atoms with E-state index in [2.05, 4.69) is 12.2 Å². The second kappa shape index (κ2) is 10.3. The first-order valence-electron chi connectivity index (χ1n) is 11.1. The van der Waals surface area contributed by atoms with E-state index in [0.29, 0.717) is 43.3 Å². The lowest BCUT2D eigenvalue weighted by atomic mass is 9.98. The molecule has 172 valence electrons. The molecule has 8 heteroatoms. The van der Waals surface area contributed by atoms with Gasteiger partial charge in [0.2, 0.25) is 10.0 Å². The fraction of sp³-hybridized carbons (Fsp3) is 0.417. The van der Waals surface area contributed by atoms with Gasteiger partial charge in [0.25, 0.3) is 11.8 Å². The predicted molar refractivity (Wildman–Crippen MR) is 125 cm³/mol. The molecule has 7 nitrogen and oxygen atoms in total. The first-order chi connectivity index (χ1) is 15.3. The Kier molecular flexibility index (Phi) is 7.69. The summed E-state index contributed by atoms with van der Waals surface area (Å²) in [5.74, 6) is 0.0358. The lowest BCUT2D eigenvalue weighted by Gasteiger charge is -2.30. The van der Waals surface area contributed by atoms with Crippen LogP contribution in [0.5, 0.6) is 0 Å². The van der Waals surface area contributed by atoms with Crippen LogP contribution >= 0.6 is 0 Å². The van der Waals surface area contributed by atoms with Crippen molar-refractivity contribution in [1.29, 1.82) is 0 Å². The third-order valence-electron chi connectivity index (χ3n) is 5.92. The monoisotopic (exact) mass is 457 g/mol. The summed E-state index contributed by atoms with van der Waals surface area (Å²) < 4.78 is 27.0. The molecular weight excluding hydrogens is 426 g/mol. The van der Waals surface area contributed by atoms with Crippen LogP contribution < -0.4 is 5.32 Å². The first-order valence-corrected chi connectivity index (χ1v) is 12.5. The molecule has 0 radical (unpaired) electrons. The van der Waals surface area contributed by atoms with Crippen LogP contribution in [0, 0.1) is 5.92 Å². The molecule has 2 amide bonds. The number of likely N-dealkylation sites (tertiary alicyclic amines) is 1. The Balaban J connectivity index is 1.82. The van der Waals surface area contributed by atoms with Gasteiger partial charge in [0.1, 0.15) is 0 Å². The number of carbonyl (C=O) groups excluding carboxylic acids is 2. The Hall–Kier alpha value is -2.71. The van der Waals surface area contributed by atoms with Crippen molar-refractivity contribution in [1.82, 2.24) is 9.21 Å². The minimum Gasteiger partial charge on any atom is -0.339 e. The van der Waals surface area contributed by atoms with Gasteiger partial charge in [-0.1, -0.05) is 39.0 Å². The third-order valence-corrected chi connectivity index (χ3v) is 7.96. The van der Waals surface area contributed by atoms with Gasteiger partial charge in [0.05, 0.1) is 16.1 Å². The van der Waals surface area contributed by atoms with Crippen LogP contribution in [0.25, 0.3) is 0 Å². The molecule has 32 heavy (non-hydrogen) atoms. The molecule has 0 atom stereocenters. The molecule has 0 unspecified atom stereocenters. The zero-order valence-corrected chi connectivity index (χ0v) is 19.7. The van der Waals surface area contributed by atoms with Gasteiger partial charge < -0.3 is 10.2 Å². The normalized spacial score (nSPS) is 15.1. The topological polar surface area (TPSA) is 86.8 Å². The van der Waals surface area contributed by atoms with E-state index in [1.54, 1.807) is 50.2 Å². The summed E-state index contributed by atoms with van der Waals surface area (Å²) in [6, 6.07) is 12.9. The molecule has 0 spiro atoms. The number of piperidine rings is 1. The summed E-state index contributed by atoms with van der Waals surface area (Å²) in [5.41, 5.74) is 1.06. The second-order valence-electron chi connectivity index (χ2n) is 8.09. The molecule has 2 aromatic rings. The number of hydrogen-bond acceptors (Lipinski definition) is 4. The molecule has 0 bridgehead atoms. The van der Waals surface area contributed by atoms with Crippen molar-refractivity contribution in [3.63, 3.8) is 0 Å². The largest absolute Gasteiger partial charge is 0.339 e. The van der Waals surface area contributed by atoms with Gasteiger partial charge in [-0.2, -0.15) is 4.31 Å². The highest BCUT2D eigenvalue weighted by molar-refractivity contribution is 7.89. The summed E-state index contributed by atoms with van der Waals surface area (Å²) in [4.78, 5) is 27.9. The van der Waals surface area contributed by atoms with Crippen LogP contribution in [0.3, 0.4) is 0 Å². The molecule has 2 aromatic carbocycles. The lowest BCUT2D eigenvalue weighted by Crippen LogP contribution is -2.38. The van der Waals surface area contributed by atoms with E-state index in [-0.39, 0.29) is 16.4 Å². The van der Waals surface area contributed by atoms with Crippen LogP contribution in [0.2, 0.25) is 0 Å². The van der Waals surface area contributed by atoms with Gasteiger partial charge in [-0.3, -0.25) is 9.59 Å². The highest BCUT2D eigenvalue weighted by Crippen LogP contribution is 2.23. The number of sulfonamides is 1. The van der Waals surface area contributed by atoms with Crippen molar-refractivity contribution in [3.05, 3.63) is 59.7 Å². The Morgan fingerprint density at radius 2 is 1.69 bits per heavy atom. The summed E-state index contributed by atoms with van der Waals surface area (Å²) in [6.07, 6.45) is 1.93. The zero-order chi connectivity index (χ0) is 23.3. The van der Waals surface area contributed by atoms with E-state index in [9.17, 15) is 18.0 Å². The molecule has 1 aliphatic heterocycles. The number of nitrogens with one attached hydrogen (secondary N) is 1. The maximum atomic E-state index is 13.1. The van der Waals surface area contributed by atoms with E-state index >= 15 is 0 Å². The smallest absolute Gasteiger partial charge is 0.255 e. The molecule has 0 aromatic heterocycles. The Labute approximate surface area is 190 Å². The second-order valence-corrected chi connectivity index (χ2v) is 10.0. The van der Waals surface area contributed by atoms with Crippen LogP contribution in [-0.2, 0) is 10.0 Å². The number of carbonyl (C=O) groups is 2. The predicted octanol–water partition coefficient (Wildman–Crippen LogP) is 3.84. The molecule has 1 saturated heterocycles. The lowest BCUT2D eigenvalue weighted by molar-refractivity contribution is 0.0698. The van der Waals surface area contributed by atoms with E-state index < -0.39 is 15.9 Å². The van der Waals surface area contributed by atoms with Crippen molar-refractivity contribution < 1.29 is 18.0 Å². The van der Waals surface area contributed by atoms with Crippen molar-refractivity contribution in [2.24, 2.45) is 5.92 Å². The van der Waals surface area contributed by atoms with Crippen molar-refractivity contribution in [2.75, 3.05) is 31.5 Å². The summed E-state index contributed by atoms with van der Waals surface area (Å²) >= 11 is 0. The van der Waals surface area contributed by atoms with Crippen molar-refractivity contribution in [2.45, 2.75) is 38.5 Å². The number of benzene rings is 2. The Morgan fingerprint density at radius 1 is 1.03 bits per heavy atom. The number of amides is 2. The average Bonchev–Trinajstić information content (AvgIpc) is 2.80. The molecule has 1 aliphatic rings. The number of para-hydroxylation sites is 1. The zero-order valence-electron chi connectivity index (χ0n) is 18.9. The molecule has 0 aliphatic carbocycles. The van der Waals surface area contributed by atoms with Crippen LogP contribution in [0.1, 0.15) is 54.3 Å². The Morgan fingerprint density at radius 3 is 2.34 bits per heavy atom. The minimum absolute atomic E-state index is 0.0700. The van der Waals surface area contributed by atoms with Gasteiger partial charge in [-0.05, 0) is 49.1 Å². The fourth-order valence-electron chi connectivity index (χ4n) is 3.87. The minimum atomic E-state index is -3.68. The van der Waals surface area contributed by atoms with Crippen LogP contribution in [-0.4, -0.2) is 55.6 Å². The average molecular weight is 458 g/mol. The standard InChI is InChI=1S/C24H31N3O4S/c1-4-27(5-2)32(30,31)20-10-8-9-19(17-20)23(28)25-22-12-7-6-11-21(22)24(29)26-15-13-18(3)14-16-26/h6-12,17-18H,4-5,13-16H2,1-3H3,(H,25,28). The number of rotatable bonds is 7. The van der Waals surface area contributed by atoms with Crippen molar-refractivity contribution >= 4 is 27.5 Å². The SMILES string of the molecule is CCN(CC)S(=O)(=O)c1cccc(C(=O)Nc2ccccc2C(=O)N2CCC(C)CC2)c1. The highest BCUT2D eigenvalue weighted by Gasteiger charge is 2.25. The highest BCUT2D eigenvalue weighted by atomic mass is 32.2. The Bertz CT molecular complexity index is 1070. The van der Waals surface area contributed by atoms with Gasteiger partial charge in [-0.15, -0.1) is 0 Å². The molecule has 3 rings (SSSR count). The van der Waals surface area contributed by atoms with Crippen LogP contribution in [0.15, 0.2) is 53.4 Å². The van der Waals surface area contributed by atoms with Gasteiger partial charge in [0.15, 0.2) is 0 Å². The van der Waals surface area contributed by atoms with E-state index in [0.717, 1.165) is 12.8 Å². The number of anilines is 1. The maximum Gasteiger partial charge on any atom is 0.255 e. The van der Waals surface area contributed by atoms with E-state index in [4.69, 9.17) is 0 Å². The van der Waals surface area contributed by atoms with Crippen molar-refractivity contribution in [3.8, 4) is 0 Å². The number of nitrogens with zero attached hydrogens (tertiary/aromatic N) is 2. The third kappa shape index (κ3) is 5.19. The van der Waals surface area contributed by atoms with E-state index in [1.807, 2.05) is 4.90 Å². The molecule has 0 saturated carbocycles. The summed E-state index contributed by atoms with van der Waals surface area (Å²) in [6.45, 7) is 7.83. The van der Waals surface area contributed by atoms with E-state index in [1.165, 1.54) is 16.4 Å². The maximum absolute atomic E-state index is 13.1.